The molecule has 0 aliphatic rings. The summed E-state index contributed by atoms with van der Waals surface area (Å²) in [5.41, 5.74) is -0.123. The second-order valence-electron chi connectivity index (χ2n) is 4.63. The van der Waals surface area contributed by atoms with E-state index in [9.17, 15) is 5.11 Å². The molecule has 1 unspecified atom stereocenters. The molecule has 0 aromatic rings. The van der Waals surface area contributed by atoms with Crippen LogP contribution >= 0.6 is 0 Å². The predicted octanol–water partition coefficient (Wildman–Crippen LogP) is -0.0560. The molecule has 0 spiro atoms. The predicted molar refractivity (Wildman–Crippen MR) is 56.2 cm³/mol. The van der Waals surface area contributed by atoms with Gasteiger partial charge in [0.25, 0.3) is 0 Å². The fraction of sp³-hybridized carbons (Fsp3) is 1.00. The molecule has 4 nitrogen and oxygen atoms in total. The van der Waals surface area contributed by atoms with Gasteiger partial charge in [-0.2, -0.15) is 0 Å². The molecular weight excluding hydrogens is 182 g/mol. The number of aliphatic hydroxyl groups excluding tert-OH is 2. The zero-order valence-electron chi connectivity index (χ0n) is 9.66. The first kappa shape index (κ1) is 13.8. The van der Waals surface area contributed by atoms with Gasteiger partial charge in [0.1, 0.15) is 0 Å². The van der Waals surface area contributed by atoms with Crippen molar-refractivity contribution in [3.05, 3.63) is 0 Å². The minimum absolute atomic E-state index is 0.123. The molecule has 0 fully saturated rings. The van der Waals surface area contributed by atoms with E-state index in [0.29, 0.717) is 13.2 Å². The molecule has 0 bridgehead atoms. The molecule has 14 heavy (non-hydrogen) atoms. The summed E-state index contributed by atoms with van der Waals surface area (Å²) >= 11 is 0. The number of likely N-dealkylation sites (N-methyl/N-ethyl adjacent to an activating group) is 1. The summed E-state index contributed by atoms with van der Waals surface area (Å²) in [6.45, 7) is 5.81. The van der Waals surface area contributed by atoms with Crippen molar-refractivity contribution >= 4 is 0 Å². The Morgan fingerprint density at radius 2 is 2.00 bits per heavy atom. The summed E-state index contributed by atoms with van der Waals surface area (Å²) in [6.07, 6.45) is -0.459. The Kier molecular flexibility index (Phi) is 6.27. The van der Waals surface area contributed by atoms with Gasteiger partial charge < -0.3 is 19.8 Å². The monoisotopic (exact) mass is 205 g/mol. The van der Waals surface area contributed by atoms with E-state index in [0.717, 1.165) is 6.54 Å². The Hall–Kier alpha value is -0.160. The summed E-state index contributed by atoms with van der Waals surface area (Å²) in [5, 5.41) is 18.5. The van der Waals surface area contributed by atoms with Gasteiger partial charge in [-0.25, -0.2) is 0 Å². The third-order valence-electron chi connectivity index (χ3n) is 2.01. The van der Waals surface area contributed by atoms with Gasteiger partial charge >= 0.3 is 0 Å². The SMILES string of the molecule is COCC(O)CN(C)CC(C)(C)CO. The lowest BCUT2D eigenvalue weighted by atomic mass is 9.94. The largest absolute Gasteiger partial charge is 0.396 e. The zero-order chi connectivity index (χ0) is 11.2. The number of aliphatic hydroxyl groups is 2. The van der Waals surface area contributed by atoms with Crippen LogP contribution in [0.15, 0.2) is 0 Å². The van der Waals surface area contributed by atoms with E-state index >= 15 is 0 Å². The number of methoxy groups -OCH3 is 1. The average Bonchev–Trinajstić information content (AvgIpc) is 2.03. The second-order valence-corrected chi connectivity index (χ2v) is 4.63. The van der Waals surface area contributed by atoms with Crippen molar-refractivity contribution in [2.75, 3.05) is 40.5 Å². The first-order valence-electron chi connectivity index (χ1n) is 4.87. The Labute approximate surface area is 86.5 Å². The summed E-state index contributed by atoms with van der Waals surface area (Å²) in [5.74, 6) is 0. The Bertz CT molecular complexity index is 150. The molecular formula is C10H23NO3. The summed E-state index contributed by atoms with van der Waals surface area (Å²) < 4.78 is 4.83. The molecule has 0 amide bonds. The van der Waals surface area contributed by atoms with Crippen molar-refractivity contribution < 1.29 is 14.9 Å². The van der Waals surface area contributed by atoms with Crippen LogP contribution in [0.5, 0.6) is 0 Å². The highest BCUT2D eigenvalue weighted by molar-refractivity contribution is 4.72. The second kappa shape index (κ2) is 6.35. The first-order chi connectivity index (χ1) is 6.41. The van der Waals surface area contributed by atoms with Crippen LogP contribution in [0.2, 0.25) is 0 Å². The highest BCUT2D eigenvalue weighted by atomic mass is 16.5. The average molecular weight is 205 g/mol. The summed E-state index contributed by atoms with van der Waals surface area (Å²) in [7, 11) is 3.50. The third-order valence-corrected chi connectivity index (χ3v) is 2.01. The minimum atomic E-state index is -0.459. The molecule has 86 valence electrons. The lowest BCUT2D eigenvalue weighted by Gasteiger charge is -2.29. The molecule has 0 aliphatic carbocycles. The smallest absolute Gasteiger partial charge is 0.0899 e. The lowest BCUT2D eigenvalue weighted by Crippen LogP contribution is -2.39. The van der Waals surface area contributed by atoms with Crippen LogP contribution < -0.4 is 0 Å². The Morgan fingerprint density at radius 1 is 1.43 bits per heavy atom. The maximum Gasteiger partial charge on any atom is 0.0899 e. The number of rotatable bonds is 7. The van der Waals surface area contributed by atoms with Crippen LogP contribution in [0, 0.1) is 5.41 Å². The molecule has 4 heteroatoms. The molecule has 0 aromatic carbocycles. The molecule has 0 saturated heterocycles. The van der Waals surface area contributed by atoms with E-state index in [2.05, 4.69) is 0 Å². The Balaban J connectivity index is 3.79. The molecule has 1 atom stereocenters. The van der Waals surface area contributed by atoms with Gasteiger partial charge in [0.2, 0.25) is 0 Å². The quantitative estimate of drug-likeness (QED) is 0.611. The van der Waals surface area contributed by atoms with E-state index < -0.39 is 6.10 Å². The van der Waals surface area contributed by atoms with Gasteiger partial charge in [0, 0.05) is 32.2 Å². The summed E-state index contributed by atoms with van der Waals surface area (Å²) in [6, 6.07) is 0. The van der Waals surface area contributed by atoms with Gasteiger partial charge in [-0.05, 0) is 7.05 Å². The van der Waals surface area contributed by atoms with Crippen LogP contribution in [0.4, 0.5) is 0 Å². The normalized spacial score (nSPS) is 14.8. The summed E-state index contributed by atoms with van der Waals surface area (Å²) in [4.78, 5) is 2.00. The van der Waals surface area contributed by atoms with Gasteiger partial charge in [0.15, 0.2) is 0 Å². The van der Waals surface area contributed by atoms with Crippen molar-refractivity contribution in [2.24, 2.45) is 5.41 Å². The molecule has 0 aliphatic heterocycles. The molecule has 0 heterocycles. The van der Waals surface area contributed by atoms with Crippen LogP contribution in [0.3, 0.4) is 0 Å². The van der Waals surface area contributed by atoms with Gasteiger partial charge in [-0.1, -0.05) is 13.8 Å². The number of ether oxygens (including phenoxy) is 1. The highest BCUT2D eigenvalue weighted by Gasteiger charge is 2.20. The lowest BCUT2D eigenvalue weighted by molar-refractivity contribution is 0.0297. The number of nitrogens with zero attached hydrogens (tertiary/aromatic N) is 1. The van der Waals surface area contributed by atoms with Gasteiger partial charge in [-0.3, -0.25) is 0 Å². The molecule has 0 rings (SSSR count). The number of hydrogen-bond donors (Lipinski definition) is 2. The van der Waals surface area contributed by atoms with Crippen molar-refractivity contribution in [1.82, 2.24) is 4.90 Å². The maximum absolute atomic E-state index is 9.46. The van der Waals surface area contributed by atoms with Gasteiger partial charge in [-0.15, -0.1) is 0 Å². The first-order valence-corrected chi connectivity index (χ1v) is 4.87. The maximum atomic E-state index is 9.46. The zero-order valence-corrected chi connectivity index (χ0v) is 9.66. The topological polar surface area (TPSA) is 52.9 Å². The van der Waals surface area contributed by atoms with Crippen LogP contribution in [-0.2, 0) is 4.74 Å². The molecule has 0 radical (unpaired) electrons. The fourth-order valence-corrected chi connectivity index (χ4v) is 1.45. The van der Waals surface area contributed by atoms with E-state index in [1.165, 1.54) is 0 Å². The molecule has 0 aromatic heterocycles. The van der Waals surface area contributed by atoms with E-state index in [1.54, 1.807) is 7.11 Å². The standard InChI is InChI=1S/C10H23NO3/c1-10(2,8-12)7-11(3)5-9(13)6-14-4/h9,12-13H,5-8H2,1-4H3. The molecule has 0 saturated carbocycles. The minimum Gasteiger partial charge on any atom is -0.396 e. The van der Waals surface area contributed by atoms with Crippen molar-refractivity contribution in [3.63, 3.8) is 0 Å². The van der Waals surface area contributed by atoms with Crippen LogP contribution in [0.25, 0.3) is 0 Å². The Morgan fingerprint density at radius 3 is 2.43 bits per heavy atom. The van der Waals surface area contributed by atoms with E-state index in [1.807, 2.05) is 25.8 Å². The number of hydrogen-bond acceptors (Lipinski definition) is 4. The van der Waals surface area contributed by atoms with Crippen molar-refractivity contribution in [3.8, 4) is 0 Å². The third kappa shape index (κ3) is 6.32. The highest BCUT2D eigenvalue weighted by Crippen LogP contribution is 2.14. The van der Waals surface area contributed by atoms with E-state index in [4.69, 9.17) is 9.84 Å². The van der Waals surface area contributed by atoms with Gasteiger partial charge in [0.05, 0.1) is 12.7 Å². The van der Waals surface area contributed by atoms with Crippen molar-refractivity contribution in [2.45, 2.75) is 20.0 Å². The van der Waals surface area contributed by atoms with E-state index in [-0.39, 0.29) is 12.0 Å². The fourth-order valence-electron chi connectivity index (χ4n) is 1.45. The van der Waals surface area contributed by atoms with Crippen LogP contribution in [-0.4, -0.2) is 61.7 Å². The van der Waals surface area contributed by atoms with Crippen LogP contribution in [0.1, 0.15) is 13.8 Å². The van der Waals surface area contributed by atoms with Crippen molar-refractivity contribution in [1.29, 1.82) is 0 Å². The molecule has 2 N–H and O–H groups in total.